The molecule has 0 atom stereocenters. The van der Waals surface area contributed by atoms with Gasteiger partial charge in [-0.25, -0.2) is 0 Å². The van der Waals surface area contributed by atoms with Gasteiger partial charge in [0.1, 0.15) is 5.82 Å². The lowest BCUT2D eigenvalue weighted by Gasteiger charge is -2.01. The van der Waals surface area contributed by atoms with Crippen molar-refractivity contribution in [3.63, 3.8) is 0 Å². The van der Waals surface area contributed by atoms with Crippen LogP contribution in [0.1, 0.15) is 30.0 Å². The maximum atomic E-state index is 5.52. The van der Waals surface area contributed by atoms with Gasteiger partial charge in [0.2, 0.25) is 0 Å². The molecule has 1 fully saturated rings. The first-order chi connectivity index (χ1) is 5.27. The summed E-state index contributed by atoms with van der Waals surface area (Å²) >= 11 is 0. The van der Waals surface area contributed by atoms with E-state index >= 15 is 0 Å². The molecule has 1 aliphatic rings. The van der Waals surface area contributed by atoms with Gasteiger partial charge in [-0.05, 0) is 37.3 Å². The number of nitrogens with zero attached hydrogens (tertiary/aromatic N) is 2. The predicted octanol–water partition coefficient (Wildman–Crippen LogP) is 1.24. The van der Waals surface area contributed by atoms with Crippen molar-refractivity contribution in [1.82, 2.24) is 10.2 Å². The molecule has 0 unspecified atom stereocenters. The van der Waals surface area contributed by atoms with Crippen molar-refractivity contribution in [3.8, 4) is 0 Å². The molecule has 3 nitrogen and oxygen atoms in total. The summed E-state index contributed by atoms with van der Waals surface area (Å²) in [6.07, 6.45) is 2.57. The molecule has 1 aromatic heterocycles. The SMILES string of the molecule is Cc1nnc(N)cc1C1CC1. The molecule has 0 saturated heterocycles. The Morgan fingerprint density at radius 1 is 1.45 bits per heavy atom. The van der Waals surface area contributed by atoms with Crippen LogP contribution >= 0.6 is 0 Å². The van der Waals surface area contributed by atoms with Crippen LogP contribution in [0.15, 0.2) is 6.07 Å². The van der Waals surface area contributed by atoms with Gasteiger partial charge >= 0.3 is 0 Å². The second-order valence-electron chi connectivity index (χ2n) is 3.08. The minimum Gasteiger partial charge on any atom is -0.382 e. The summed E-state index contributed by atoms with van der Waals surface area (Å²) in [5.74, 6) is 1.25. The Kier molecular flexibility index (Phi) is 1.31. The average Bonchev–Trinajstić information content (AvgIpc) is 2.76. The lowest BCUT2D eigenvalue weighted by atomic mass is 10.1. The number of nitrogens with two attached hydrogens (primary N) is 1. The normalized spacial score (nSPS) is 16.8. The fourth-order valence-electron chi connectivity index (χ4n) is 1.29. The molecule has 0 aromatic carbocycles. The van der Waals surface area contributed by atoms with Crippen LogP contribution in [0.3, 0.4) is 0 Å². The summed E-state index contributed by atoms with van der Waals surface area (Å²) in [4.78, 5) is 0. The Morgan fingerprint density at radius 3 is 2.82 bits per heavy atom. The third-order valence-corrected chi connectivity index (χ3v) is 2.05. The summed E-state index contributed by atoms with van der Waals surface area (Å²) in [6.45, 7) is 1.99. The fraction of sp³-hybridized carbons (Fsp3) is 0.500. The van der Waals surface area contributed by atoms with E-state index < -0.39 is 0 Å². The van der Waals surface area contributed by atoms with Crippen molar-refractivity contribution < 1.29 is 0 Å². The van der Waals surface area contributed by atoms with Gasteiger partial charge in [-0.3, -0.25) is 0 Å². The van der Waals surface area contributed by atoms with E-state index in [9.17, 15) is 0 Å². The van der Waals surface area contributed by atoms with E-state index in [-0.39, 0.29) is 0 Å². The molecule has 1 aliphatic carbocycles. The molecular formula is C8H11N3. The summed E-state index contributed by atoms with van der Waals surface area (Å²) in [5, 5.41) is 7.74. The van der Waals surface area contributed by atoms with Gasteiger partial charge in [-0.1, -0.05) is 0 Å². The minimum atomic E-state index is 0.539. The number of anilines is 1. The van der Waals surface area contributed by atoms with Crippen LogP contribution < -0.4 is 5.73 Å². The zero-order chi connectivity index (χ0) is 7.84. The highest BCUT2D eigenvalue weighted by molar-refractivity contribution is 5.36. The van der Waals surface area contributed by atoms with Gasteiger partial charge in [0, 0.05) is 0 Å². The Hall–Kier alpha value is -1.12. The highest BCUT2D eigenvalue weighted by Crippen LogP contribution is 2.41. The molecular weight excluding hydrogens is 138 g/mol. The van der Waals surface area contributed by atoms with Gasteiger partial charge in [0.25, 0.3) is 0 Å². The topological polar surface area (TPSA) is 51.8 Å². The predicted molar refractivity (Wildman–Crippen MR) is 43.2 cm³/mol. The van der Waals surface area contributed by atoms with Crippen LogP contribution in [0.5, 0.6) is 0 Å². The molecule has 1 saturated carbocycles. The van der Waals surface area contributed by atoms with Crippen molar-refractivity contribution in [2.45, 2.75) is 25.7 Å². The average molecular weight is 149 g/mol. The zero-order valence-electron chi connectivity index (χ0n) is 6.54. The number of hydrogen-bond donors (Lipinski definition) is 1. The fourth-order valence-corrected chi connectivity index (χ4v) is 1.29. The molecule has 0 amide bonds. The highest BCUT2D eigenvalue weighted by Gasteiger charge is 2.25. The zero-order valence-corrected chi connectivity index (χ0v) is 6.54. The molecule has 11 heavy (non-hydrogen) atoms. The Bertz CT molecular complexity index is 279. The van der Waals surface area contributed by atoms with E-state index in [4.69, 9.17) is 5.73 Å². The van der Waals surface area contributed by atoms with Gasteiger partial charge in [-0.2, -0.15) is 5.10 Å². The monoisotopic (exact) mass is 149 g/mol. The van der Waals surface area contributed by atoms with Crippen LogP contribution in [0.25, 0.3) is 0 Å². The van der Waals surface area contributed by atoms with Crippen LogP contribution in [-0.4, -0.2) is 10.2 Å². The number of hydrogen-bond acceptors (Lipinski definition) is 3. The third kappa shape index (κ3) is 1.18. The smallest absolute Gasteiger partial charge is 0.146 e. The van der Waals surface area contributed by atoms with E-state index in [1.54, 1.807) is 0 Å². The molecule has 0 radical (unpaired) electrons. The van der Waals surface area contributed by atoms with Crippen molar-refractivity contribution >= 4 is 5.82 Å². The molecule has 3 heteroatoms. The summed E-state index contributed by atoms with van der Waals surface area (Å²) in [5.41, 5.74) is 7.84. The molecule has 1 heterocycles. The molecule has 2 rings (SSSR count). The van der Waals surface area contributed by atoms with E-state index in [2.05, 4.69) is 10.2 Å². The number of nitrogen functional groups attached to an aromatic ring is 1. The summed E-state index contributed by atoms with van der Waals surface area (Å²) < 4.78 is 0. The van der Waals surface area contributed by atoms with Crippen molar-refractivity contribution in [3.05, 3.63) is 17.3 Å². The minimum absolute atomic E-state index is 0.539. The Morgan fingerprint density at radius 2 is 2.18 bits per heavy atom. The van der Waals surface area contributed by atoms with E-state index in [1.165, 1.54) is 18.4 Å². The van der Waals surface area contributed by atoms with Gasteiger partial charge < -0.3 is 5.73 Å². The second kappa shape index (κ2) is 2.19. The maximum Gasteiger partial charge on any atom is 0.146 e. The van der Waals surface area contributed by atoms with Crippen LogP contribution in [-0.2, 0) is 0 Å². The molecule has 2 N–H and O–H groups in total. The van der Waals surface area contributed by atoms with Gasteiger partial charge in [0.05, 0.1) is 5.69 Å². The van der Waals surface area contributed by atoms with Gasteiger partial charge in [0.15, 0.2) is 0 Å². The second-order valence-corrected chi connectivity index (χ2v) is 3.08. The summed E-state index contributed by atoms with van der Waals surface area (Å²) in [7, 11) is 0. The first-order valence-corrected chi connectivity index (χ1v) is 3.87. The first-order valence-electron chi connectivity index (χ1n) is 3.87. The lowest BCUT2D eigenvalue weighted by molar-refractivity contribution is 0.935. The molecule has 1 aromatic rings. The largest absolute Gasteiger partial charge is 0.382 e. The van der Waals surface area contributed by atoms with Crippen molar-refractivity contribution in [2.24, 2.45) is 0 Å². The van der Waals surface area contributed by atoms with E-state index in [0.717, 1.165) is 5.69 Å². The molecule has 0 aliphatic heterocycles. The third-order valence-electron chi connectivity index (χ3n) is 2.05. The van der Waals surface area contributed by atoms with Crippen LogP contribution in [0.2, 0.25) is 0 Å². The van der Waals surface area contributed by atoms with Crippen molar-refractivity contribution in [2.75, 3.05) is 5.73 Å². The standard InChI is InChI=1S/C8H11N3/c1-5-7(6-2-3-6)4-8(9)11-10-5/h4,6H,2-3H2,1H3,(H2,9,11). The number of rotatable bonds is 1. The van der Waals surface area contributed by atoms with Crippen LogP contribution in [0, 0.1) is 6.92 Å². The number of aryl methyl sites for hydroxylation is 1. The Labute approximate surface area is 65.6 Å². The van der Waals surface area contributed by atoms with Crippen molar-refractivity contribution in [1.29, 1.82) is 0 Å². The quantitative estimate of drug-likeness (QED) is 0.653. The van der Waals surface area contributed by atoms with E-state index in [1.807, 2.05) is 13.0 Å². The summed E-state index contributed by atoms with van der Waals surface area (Å²) in [6, 6.07) is 1.94. The lowest BCUT2D eigenvalue weighted by Crippen LogP contribution is -1.98. The van der Waals surface area contributed by atoms with E-state index in [0.29, 0.717) is 11.7 Å². The highest BCUT2D eigenvalue weighted by atomic mass is 15.1. The maximum absolute atomic E-state index is 5.52. The number of aromatic nitrogens is 2. The van der Waals surface area contributed by atoms with Gasteiger partial charge in [-0.15, -0.1) is 5.10 Å². The first kappa shape index (κ1) is 6.58. The molecule has 0 spiro atoms. The molecule has 58 valence electrons. The molecule has 0 bridgehead atoms. The Balaban J connectivity index is 2.42. The van der Waals surface area contributed by atoms with Crippen LogP contribution in [0.4, 0.5) is 5.82 Å².